The van der Waals surface area contributed by atoms with Crippen molar-refractivity contribution in [1.29, 1.82) is 0 Å². The van der Waals surface area contributed by atoms with Gasteiger partial charge in [-0.2, -0.15) is 0 Å². The van der Waals surface area contributed by atoms with Crippen LogP contribution in [0.3, 0.4) is 0 Å². The van der Waals surface area contributed by atoms with E-state index in [1.807, 2.05) is 7.05 Å². The zero-order valence-corrected chi connectivity index (χ0v) is 17.0. The van der Waals surface area contributed by atoms with Gasteiger partial charge in [0.05, 0.1) is 29.8 Å². The zero-order chi connectivity index (χ0) is 21.3. The molecule has 0 radical (unpaired) electrons. The standard InChI is InChI=1S/C20H20N4O5S/c1-24-9-8-21-20(24)30-13-18(26)23-16-7-3-2-6-15(16)19(27)29-12-17(25)22-11-14-5-4-10-28-14/h2-10H,11-13H2,1H3,(H,22,25)(H,23,26). The van der Waals surface area contributed by atoms with Crippen molar-refractivity contribution in [2.75, 3.05) is 17.7 Å². The highest BCUT2D eigenvalue weighted by Gasteiger charge is 2.16. The lowest BCUT2D eigenvalue weighted by Crippen LogP contribution is -2.28. The van der Waals surface area contributed by atoms with Gasteiger partial charge in [-0.1, -0.05) is 23.9 Å². The molecule has 0 aliphatic rings. The minimum absolute atomic E-state index is 0.128. The highest BCUT2D eigenvalue weighted by molar-refractivity contribution is 7.99. The molecular weight excluding hydrogens is 408 g/mol. The molecule has 2 N–H and O–H groups in total. The smallest absolute Gasteiger partial charge is 0.340 e. The van der Waals surface area contributed by atoms with E-state index in [0.717, 1.165) is 0 Å². The molecule has 0 aliphatic carbocycles. The van der Waals surface area contributed by atoms with E-state index in [9.17, 15) is 14.4 Å². The third-order valence-corrected chi connectivity index (χ3v) is 4.96. The lowest BCUT2D eigenvalue weighted by atomic mass is 10.2. The number of nitrogens with zero attached hydrogens (tertiary/aromatic N) is 2. The van der Waals surface area contributed by atoms with Gasteiger partial charge in [0.15, 0.2) is 11.8 Å². The molecule has 1 aromatic carbocycles. The van der Waals surface area contributed by atoms with Gasteiger partial charge in [0, 0.05) is 19.4 Å². The van der Waals surface area contributed by atoms with Gasteiger partial charge in [-0.3, -0.25) is 9.59 Å². The molecule has 30 heavy (non-hydrogen) atoms. The highest BCUT2D eigenvalue weighted by atomic mass is 32.2. The van der Waals surface area contributed by atoms with Crippen molar-refractivity contribution in [3.63, 3.8) is 0 Å². The van der Waals surface area contributed by atoms with E-state index in [1.165, 1.54) is 24.1 Å². The summed E-state index contributed by atoms with van der Waals surface area (Å²) in [5.41, 5.74) is 0.468. The Kier molecular flexibility index (Phi) is 7.28. The maximum atomic E-state index is 12.4. The number of carbonyl (C=O) groups excluding carboxylic acids is 3. The fourth-order valence-electron chi connectivity index (χ4n) is 2.44. The van der Waals surface area contributed by atoms with Gasteiger partial charge in [0.1, 0.15) is 5.76 Å². The molecule has 0 bridgehead atoms. The van der Waals surface area contributed by atoms with Crippen LogP contribution in [0.1, 0.15) is 16.1 Å². The second-order valence-electron chi connectivity index (χ2n) is 6.14. The Balaban J connectivity index is 1.50. The normalized spacial score (nSPS) is 10.4. The van der Waals surface area contributed by atoms with E-state index in [0.29, 0.717) is 16.6 Å². The summed E-state index contributed by atoms with van der Waals surface area (Å²) >= 11 is 1.28. The number of para-hydroxylation sites is 1. The number of carbonyl (C=O) groups is 3. The van der Waals surface area contributed by atoms with E-state index in [2.05, 4.69) is 15.6 Å². The minimum Gasteiger partial charge on any atom is -0.467 e. The van der Waals surface area contributed by atoms with Crippen molar-refractivity contribution in [3.8, 4) is 0 Å². The number of esters is 1. The molecular formula is C20H20N4O5S. The molecule has 3 rings (SSSR count). The van der Waals surface area contributed by atoms with E-state index >= 15 is 0 Å². The Labute approximate surface area is 176 Å². The number of hydrogen-bond acceptors (Lipinski definition) is 7. The monoisotopic (exact) mass is 428 g/mol. The van der Waals surface area contributed by atoms with Crippen LogP contribution in [-0.2, 0) is 27.9 Å². The quantitative estimate of drug-likeness (QED) is 0.397. The van der Waals surface area contributed by atoms with E-state index in [1.54, 1.807) is 47.3 Å². The maximum absolute atomic E-state index is 12.4. The predicted molar refractivity (Wildman–Crippen MR) is 110 cm³/mol. The first-order valence-corrected chi connectivity index (χ1v) is 9.96. The summed E-state index contributed by atoms with van der Waals surface area (Å²) in [6, 6.07) is 9.88. The Morgan fingerprint density at radius 2 is 2.00 bits per heavy atom. The molecule has 0 saturated carbocycles. The molecule has 0 atom stereocenters. The molecule has 3 aromatic rings. The SMILES string of the molecule is Cn1ccnc1SCC(=O)Nc1ccccc1C(=O)OCC(=O)NCc1ccco1. The second-order valence-corrected chi connectivity index (χ2v) is 7.08. The van der Waals surface area contributed by atoms with Crippen molar-refractivity contribution in [1.82, 2.24) is 14.9 Å². The molecule has 2 aromatic heterocycles. The van der Waals surface area contributed by atoms with Crippen molar-refractivity contribution in [2.24, 2.45) is 7.05 Å². The largest absolute Gasteiger partial charge is 0.467 e. The average Bonchev–Trinajstić information content (AvgIpc) is 3.41. The van der Waals surface area contributed by atoms with Gasteiger partial charge in [-0.25, -0.2) is 9.78 Å². The van der Waals surface area contributed by atoms with Crippen LogP contribution in [0.25, 0.3) is 0 Å². The summed E-state index contributed by atoms with van der Waals surface area (Å²) in [5.74, 6) is -0.752. The van der Waals surface area contributed by atoms with Crippen molar-refractivity contribution < 1.29 is 23.5 Å². The van der Waals surface area contributed by atoms with Crippen LogP contribution in [0.4, 0.5) is 5.69 Å². The third-order valence-electron chi connectivity index (χ3n) is 3.90. The first-order chi connectivity index (χ1) is 14.5. The van der Waals surface area contributed by atoms with Crippen molar-refractivity contribution in [2.45, 2.75) is 11.7 Å². The van der Waals surface area contributed by atoms with Crippen molar-refractivity contribution >= 4 is 35.2 Å². The third kappa shape index (κ3) is 5.98. The molecule has 10 heteroatoms. The van der Waals surface area contributed by atoms with Gasteiger partial charge in [0.25, 0.3) is 5.91 Å². The van der Waals surface area contributed by atoms with Crippen LogP contribution < -0.4 is 10.6 Å². The van der Waals surface area contributed by atoms with Gasteiger partial charge in [-0.05, 0) is 24.3 Å². The van der Waals surface area contributed by atoms with Crippen LogP contribution >= 0.6 is 11.8 Å². The first-order valence-electron chi connectivity index (χ1n) is 8.98. The Morgan fingerprint density at radius 3 is 2.73 bits per heavy atom. The molecule has 0 fully saturated rings. The van der Waals surface area contributed by atoms with Crippen LogP contribution in [0, 0.1) is 0 Å². The number of ether oxygens (including phenoxy) is 1. The number of rotatable bonds is 9. The summed E-state index contributed by atoms with van der Waals surface area (Å²) in [4.78, 5) is 40.6. The second kappa shape index (κ2) is 10.3. The number of furan rings is 1. The number of anilines is 1. The van der Waals surface area contributed by atoms with Gasteiger partial charge in [-0.15, -0.1) is 0 Å². The molecule has 9 nitrogen and oxygen atoms in total. The zero-order valence-electron chi connectivity index (χ0n) is 16.2. The average molecular weight is 428 g/mol. The number of thioether (sulfide) groups is 1. The summed E-state index contributed by atoms with van der Waals surface area (Å²) in [5, 5.41) is 5.98. The predicted octanol–water partition coefficient (Wildman–Crippen LogP) is 2.22. The van der Waals surface area contributed by atoms with Gasteiger partial charge in [0.2, 0.25) is 5.91 Å². The molecule has 2 heterocycles. The molecule has 2 amide bonds. The fraction of sp³-hybridized carbons (Fsp3) is 0.200. The minimum atomic E-state index is -0.712. The lowest BCUT2D eigenvalue weighted by Gasteiger charge is -2.11. The summed E-state index contributed by atoms with van der Waals surface area (Å²) in [6.45, 7) is -0.249. The van der Waals surface area contributed by atoms with Crippen LogP contribution in [0.15, 0.2) is 64.6 Å². The number of hydrogen-bond donors (Lipinski definition) is 2. The number of benzene rings is 1. The molecule has 0 spiro atoms. The number of aryl methyl sites for hydroxylation is 1. The van der Waals surface area contributed by atoms with Crippen LogP contribution in [-0.4, -0.2) is 39.7 Å². The fourth-order valence-corrected chi connectivity index (χ4v) is 3.17. The molecule has 0 saturated heterocycles. The number of aromatic nitrogens is 2. The number of amides is 2. The van der Waals surface area contributed by atoms with E-state index in [4.69, 9.17) is 9.15 Å². The van der Waals surface area contributed by atoms with Crippen LogP contribution in [0.2, 0.25) is 0 Å². The summed E-state index contributed by atoms with van der Waals surface area (Å²) in [6.07, 6.45) is 4.94. The Bertz CT molecular complexity index is 1020. The first kappa shape index (κ1) is 21.2. The van der Waals surface area contributed by atoms with Crippen LogP contribution in [0.5, 0.6) is 0 Å². The molecule has 0 aliphatic heterocycles. The number of nitrogens with one attached hydrogen (secondary N) is 2. The number of imidazole rings is 1. The maximum Gasteiger partial charge on any atom is 0.340 e. The molecule has 0 unspecified atom stereocenters. The van der Waals surface area contributed by atoms with E-state index < -0.39 is 18.5 Å². The van der Waals surface area contributed by atoms with E-state index in [-0.39, 0.29) is 23.8 Å². The highest BCUT2D eigenvalue weighted by Crippen LogP contribution is 2.18. The topological polar surface area (TPSA) is 115 Å². The Hall–Kier alpha value is -3.53. The van der Waals surface area contributed by atoms with Gasteiger partial charge >= 0.3 is 5.97 Å². The lowest BCUT2D eigenvalue weighted by molar-refractivity contribution is -0.124. The van der Waals surface area contributed by atoms with Crippen molar-refractivity contribution in [3.05, 3.63) is 66.4 Å². The summed E-state index contributed by atoms with van der Waals surface area (Å²) in [7, 11) is 1.84. The summed E-state index contributed by atoms with van der Waals surface area (Å²) < 4.78 is 12.0. The Morgan fingerprint density at radius 1 is 1.17 bits per heavy atom. The van der Waals surface area contributed by atoms with Gasteiger partial charge < -0.3 is 24.4 Å². The molecule has 156 valence electrons.